The number of amides is 1. The molecule has 1 amide bonds. The number of nitrogens with one attached hydrogen (secondary N) is 1. The third kappa shape index (κ3) is 2.83. The molecule has 0 aliphatic rings. The molecule has 14 heavy (non-hydrogen) atoms. The van der Waals surface area contributed by atoms with Crippen molar-refractivity contribution in [2.45, 2.75) is 13.5 Å². The summed E-state index contributed by atoms with van der Waals surface area (Å²) >= 11 is 0. The summed E-state index contributed by atoms with van der Waals surface area (Å²) in [7, 11) is 0. The molecule has 0 atom stereocenters. The zero-order chi connectivity index (χ0) is 10.4. The molecule has 1 aromatic carbocycles. The van der Waals surface area contributed by atoms with Gasteiger partial charge in [-0.1, -0.05) is 12.1 Å². The Hall–Kier alpha value is -1.39. The number of aliphatic hydroxyl groups excluding tert-OH is 1. The van der Waals surface area contributed by atoms with Crippen molar-refractivity contribution in [1.82, 2.24) is 5.48 Å². The fourth-order valence-electron chi connectivity index (χ4n) is 0.958. The van der Waals surface area contributed by atoms with E-state index in [-0.39, 0.29) is 12.5 Å². The molecule has 0 aliphatic carbocycles. The van der Waals surface area contributed by atoms with E-state index in [0.717, 1.165) is 5.56 Å². The fourth-order valence-corrected chi connectivity index (χ4v) is 0.958. The van der Waals surface area contributed by atoms with E-state index in [1.165, 1.54) is 0 Å². The predicted octanol–water partition coefficient (Wildman–Crippen LogP) is 0.860. The molecule has 0 heterocycles. The minimum atomic E-state index is -0.281. The summed E-state index contributed by atoms with van der Waals surface area (Å²) < 4.78 is 0. The Labute approximate surface area is 82.5 Å². The van der Waals surface area contributed by atoms with Gasteiger partial charge in [0.1, 0.15) is 0 Å². The summed E-state index contributed by atoms with van der Waals surface area (Å²) in [5, 5.41) is 8.78. The lowest BCUT2D eigenvalue weighted by Gasteiger charge is -2.03. The maximum atomic E-state index is 11.3. The predicted molar refractivity (Wildman–Crippen MR) is 51.5 cm³/mol. The first-order chi connectivity index (χ1) is 6.77. The van der Waals surface area contributed by atoms with Crippen molar-refractivity contribution in [3.63, 3.8) is 0 Å². The highest BCUT2D eigenvalue weighted by Crippen LogP contribution is 2.03. The lowest BCUT2D eigenvalue weighted by Crippen LogP contribution is -2.23. The van der Waals surface area contributed by atoms with Crippen molar-refractivity contribution < 1.29 is 14.7 Å². The van der Waals surface area contributed by atoms with Gasteiger partial charge in [-0.2, -0.15) is 0 Å². The summed E-state index contributed by atoms with van der Waals surface area (Å²) in [5.74, 6) is -0.281. The highest BCUT2D eigenvalue weighted by Gasteiger charge is 2.03. The SMILES string of the molecule is CCONC(=O)c1ccc(CO)cc1. The lowest BCUT2D eigenvalue weighted by atomic mass is 10.1. The van der Waals surface area contributed by atoms with Crippen LogP contribution >= 0.6 is 0 Å². The Kier molecular flexibility index (Phi) is 4.10. The van der Waals surface area contributed by atoms with Crippen LogP contribution in [0.5, 0.6) is 0 Å². The molecule has 0 spiro atoms. The Morgan fingerprint density at radius 3 is 2.57 bits per heavy atom. The third-order valence-electron chi connectivity index (χ3n) is 1.71. The minimum Gasteiger partial charge on any atom is -0.392 e. The van der Waals surface area contributed by atoms with E-state index in [1.54, 1.807) is 31.2 Å². The number of hydrogen-bond acceptors (Lipinski definition) is 3. The molecule has 0 unspecified atom stereocenters. The van der Waals surface area contributed by atoms with Crippen LogP contribution in [0.3, 0.4) is 0 Å². The Morgan fingerprint density at radius 2 is 2.07 bits per heavy atom. The van der Waals surface area contributed by atoms with E-state index in [9.17, 15) is 4.79 Å². The number of aliphatic hydroxyl groups is 1. The largest absolute Gasteiger partial charge is 0.392 e. The van der Waals surface area contributed by atoms with Crippen LogP contribution in [0.25, 0.3) is 0 Å². The summed E-state index contributed by atoms with van der Waals surface area (Å²) in [6, 6.07) is 6.67. The highest BCUT2D eigenvalue weighted by atomic mass is 16.6. The molecule has 0 saturated heterocycles. The van der Waals surface area contributed by atoms with Gasteiger partial charge < -0.3 is 5.11 Å². The van der Waals surface area contributed by atoms with Crippen LogP contribution in [-0.4, -0.2) is 17.6 Å². The van der Waals surface area contributed by atoms with E-state index in [4.69, 9.17) is 9.94 Å². The number of benzene rings is 1. The van der Waals surface area contributed by atoms with Crippen LogP contribution < -0.4 is 5.48 Å². The molecule has 76 valence electrons. The second kappa shape index (κ2) is 5.36. The molecule has 0 aliphatic heterocycles. The molecule has 4 nitrogen and oxygen atoms in total. The van der Waals surface area contributed by atoms with Gasteiger partial charge in [0, 0.05) is 5.56 Å². The first kappa shape index (κ1) is 10.7. The molecule has 2 N–H and O–H groups in total. The van der Waals surface area contributed by atoms with Crippen LogP contribution in [0.15, 0.2) is 24.3 Å². The first-order valence-corrected chi connectivity index (χ1v) is 4.40. The van der Waals surface area contributed by atoms with E-state index in [0.29, 0.717) is 12.2 Å². The van der Waals surface area contributed by atoms with Gasteiger partial charge in [0.25, 0.3) is 5.91 Å². The monoisotopic (exact) mass is 195 g/mol. The van der Waals surface area contributed by atoms with Gasteiger partial charge in [-0.25, -0.2) is 5.48 Å². The smallest absolute Gasteiger partial charge is 0.274 e. The summed E-state index contributed by atoms with van der Waals surface area (Å²) in [5.41, 5.74) is 3.57. The average Bonchev–Trinajstić information content (AvgIpc) is 2.26. The molecule has 4 heteroatoms. The molecule has 1 rings (SSSR count). The maximum absolute atomic E-state index is 11.3. The van der Waals surface area contributed by atoms with Crippen LogP contribution in [0, 0.1) is 0 Å². The number of rotatable bonds is 4. The van der Waals surface area contributed by atoms with Crippen molar-refractivity contribution in [2.24, 2.45) is 0 Å². The first-order valence-electron chi connectivity index (χ1n) is 4.40. The lowest BCUT2D eigenvalue weighted by molar-refractivity contribution is 0.0364. The number of carbonyl (C=O) groups is 1. The fraction of sp³-hybridized carbons (Fsp3) is 0.300. The number of hydrogen-bond donors (Lipinski definition) is 2. The van der Waals surface area contributed by atoms with Crippen LogP contribution in [0.2, 0.25) is 0 Å². The van der Waals surface area contributed by atoms with E-state index in [2.05, 4.69) is 5.48 Å². The Balaban J connectivity index is 2.62. The van der Waals surface area contributed by atoms with E-state index in [1.807, 2.05) is 0 Å². The van der Waals surface area contributed by atoms with E-state index < -0.39 is 0 Å². The van der Waals surface area contributed by atoms with Gasteiger partial charge in [-0.15, -0.1) is 0 Å². The quantitative estimate of drug-likeness (QED) is 0.700. The Bertz CT molecular complexity index is 295. The van der Waals surface area contributed by atoms with Gasteiger partial charge in [0.2, 0.25) is 0 Å². The van der Waals surface area contributed by atoms with Crippen molar-refractivity contribution in [2.75, 3.05) is 6.61 Å². The van der Waals surface area contributed by atoms with Crippen molar-refractivity contribution in [1.29, 1.82) is 0 Å². The molecule has 0 aromatic heterocycles. The van der Waals surface area contributed by atoms with Crippen molar-refractivity contribution >= 4 is 5.91 Å². The topological polar surface area (TPSA) is 58.6 Å². The van der Waals surface area contributed by atoms with Crippen LogP contribution in [-0.2, 0) is 11.4 Å². The van der Waals surface area contributed by atoms with Gasteiger partial charge in [-0.05, 0) is 24.6 Å². The zero-order valence-corrected chi connectivity index (χ0v) is 7.99. The molecule has 0 saturated carbocycles. The minimum absolute atomic E-state index is 0.0205. The van der Waals surface area contributed by atoms with Crippen molar-refractivity contribution in [3.8, 4) is 0 Å². The molecular weight excluding hydrogens is 182 g/mol. The highest BCUT2D eigenvalue weighted by molar-refractivity contribution is 5.93. The van der Waals surface area contributed by atoms with E-state index >= 15 is 0 Å². The number of carbonyl (C=O) groups excluding carboxylic acids is 1. The van der Waals surface area contributed by atoms with Gasteiger partial charge in [0.05, 0.1) is 13.2 Å². The number of hydroxylamine groups is 1. The van der Waals surface area contributed by atoms with Gasteiger partial charge >= 0.3 is 0 Å². The van der Waals surface area contributed by atoms with Crippen LogP contribution in [0.1, 0.15) is 22.8 Å². The van der Waals surface area contributed by atoms with Gasteiger partial charge in [-0.3, -0.25) is 9.63 Å². The molecule has 1 aromatic rings. The Morgan fingerprint density at radius 1 is 1.43 bits per heavy atom. The molecule has 0 fully saturated rings. The van der Waals surface area contributed by atoms with Gasteiger partial charge in [0.15, 0.2) is 0 Å². The summed E-state index contributed by atoms with van der Waals surface area (Å²) in [6.07, 6.45) is 0. The second-order valence-electron chi connectivity index (χ2n) is 2.72. The van der Waals surface area contributed by atoms with Crippen molar-refractivity contribution in [3.05, 3.63) is 35.4 Å². The normalized spacial score (nSPS) is 9.86. The molecule has 0 bridgehead atoms. The second-order valence-corrected chi connectivity index (χ2v) is 2.72. The standard InChI is InChI=1S/C10H13NO3/c1-2-14-11-10(13)9-5-3-8(7-12)4-6-9/h3-6,12H,2,7H2,1H3,(H,11,13). The zero-order valence-electron chi connectivity index (χ0n) is 7.99. The molecular formula is C10H13NO3. The summed E-state index contributed by atoms with van der Waals surface area (Å²) in [6.45, 7) is 2.20. The summed E-state index contributed by atoms with van der Waals surface area (Å²) in [4.78, 5) is 16.1. The third-order valence-corrected chi connectivity index (χ3v) is 1.71. The maximum Gasteiger partial charge on any atom is 0.274 e. The van der Waals surface area contributed by atoms with Crippen LogP contribution in [0.4, 0.5) is 0 Å². The average molecular weight is 195 g/mol. The molecule has 0 radical (unpaired) electrons.